The lowest BCUT2D eigenvalue weighted by molar-refractivity contribution is 1.31. The maximum Gasteiger partial charge on any atom is 0.0368 e. The van der Waals surface area contributed by atoms with E-state index < -0.39 is 0 Å². The Kier molecular flexibility index (Phi) is 32.4. The first-order valence-electron chi connectivity index (χ1n) is 4.59. The van der Waals surface area contributed by atoms with E-state index in [1.165, 1.54) is 0 Å². The van der Waals surface area contributed by atoms with Crippen molar-refractivity contribution in [2.45, 2.75) is 41.5 Å². The number of nitrogens with zero attached hydrogens (tertiary/aromatic N) is 1. The standard InChI is InChI=1S/C7H11N.2C2H6/c1-4-6-7(3)8-5-2;2*1-2/h4-6H,1H2,2-3H3;2*1-2H3/b7-6+,8-5?;;. The maximum atomic E-state index is 3.98. The number of aliphatic imine (C=N–C) groups is 1. The van der Waals surface area contributed by atoms with Crippen LogP contribution in [0, 0.1) is 0 Å². The van der Waals surface area contributed by atoms with Gasteiger partial charge < -0.3 is 0 Å². The van der Waals surface area contributed by atoms with Crippen molar-refractivity contribution in [1.29, 1.82) is 0 Å². The molecule has 0 radical (unpaired) electrons. The Morgan fingerprint density at radius 3 is 1.83 bits per heavy atom. The van der Waals surface area contributed by atoms with Crippen molar-refractivity contribution < 1.29 is 0 Å². The van der Waals surface area contributed by atoms with Gasteiger partial charge in [0.15, 0.2) is 0 Å². The van der Waals surface area contributed by atoms with Crippen LogP contribution < -0.4 is 0 Å². The van der Waals surface area contributed by atoms with Crippen LogP contribution in [0.5, 0.6) is 0 Å². The van der Waals surface area contributed by atoms with E-state index in [2.05, 4.69) is 11.6 Å². The molecule has 0 aromatic carbocycles. The van der Waals surface area contributed by atoms with Gasteiger partial charge in [-0.15, -0.1) is 0 Å². The van der Waals surface area contributed by atoms with E-state index in [-0.39, 0.29) is 0 Å². The molecule has 0 heterocycles. The van der Waals surface area contributed by atoms with Crippen molar-refractivity contribution in [3.05, 3.63) is 24.4 Å². The molecule has 0 unspecified atom stereocenters. The van der Waals surface area contributed by atoms with Crippen molar-refractivity contribution in [3.8, 4) is 0 Å². The highest BCUT2D eigenvalue weighted by Gasteiger charge is 1.72. The van der Waals surface area contributed by atoms with E-state index in [1.54, 1.807) is 12.3 Å². The van der Waals surface area contributed by atoms with Crippen molar-refractivity contribution in [1.82, 2.24) is 0 Å². The largest absolute Gasteiger partial charge is 0.266 e. The van der Waals surface area contributed by atoms with Crippen molar-refractivity contribution in [2.75, 3.05) is 0 Å². The zero-order valence-corrected chi connectivity index (χ0v) is 9.39. The van der Waals surface area contributed by atoms with Gasteiger partial charge in [-0.25, -0.2) is 0 Å². The fraction of sp³-hybridized carbons (Fsp3) is 0.545. The molecule has 0 aliphatic rings. The number of rotatable bonds is 2. The molecule has 1 heteroatoms. The molecular weight excluding hydrogens is 146 g/mol. The predicted molar refractivity (Wildman–Crippen MR) is 60.8 cm³/mol. The second-order valence-electron chi connectivity index (χ2n) is 1.43. The van der Waals surface area contributed by atoms with Gasteiger partial charge >= 0.3 is 0 Å². The number of hydrogen-bond donors (Lipinski definition) is 0. The van der Waals surface area contributed by atoms with E-state index in [4.69, 9.17) is 0 Å². The third kappa shape index (κ3) is 22.9. The Bertz CT molecular complexity index is 121. The summed E-state index contributed by atoms with van der Waals surface area (Å²) in [4.78, 5) is 3.98. The minimum atomic E-state index is 0.988. The monoisotopic (exact) mass is 169 g/mol. The third-order valence-electron chi connectivity index (χ3n) is 0.692. The molecule has 0 saturated carbocycles. The minimum Gasteiger partial charge on any atom is -0.266 e. The molecule has 0 spiro atoms. The molecule has 0 aliphatic heterocycles. The van der Waals surface area contributed by atoms with Crippen LogP contribution in [0.1, 0.15) is 41.5 Å². The first-order chi connectivity index (χ1) is 5.81. The van der Waals surface area contributed by atoms with Crippen LogP contribution in [0.2, 0.25) is 0 Å². The molecule has 0 N–H and O–H groups in total. The van der Waals surface area contributed by atoms with Gasteiger partial charge in [0.2, 0.25) is 0 Å². The smallest absolute Gasteiger partial charge is 0.0368 e. The molecule has 72 valence electrons. The van der Waals surface area contributed by atoms with E-state index in [1.807, 2.05) is 47.6 Å². The van der Waals surface area contributed by atoms with E-state index >= 15 is 0 Å². The molecule has 0 aromatic heterocycles. The normalized spacial score (nSPS) is 9.33. The maximum absolute atomic E-state index is 3.98. The van der Waals surface area contributed by atoms with Crippen LogP contribution >= 0.6 is 0 Å². The van der Waals surface area contributed by atoms with Gasteiger partial charge in [-0.3, -0.25) is 4.99 Å². The molecule has 0 amide bonds. The van der Waals surface area contributed by atoms with Crippen molar-refractivity contribution >= 4 is 6.21 Å². The highest BCUT2D eigenvalue weighted by atomic mass is 14.7. The molecule has 0 rings (SSSR count). The zero-order chi connectivity index (χ0) is 10.4. The van der Waals surface area contributed by atoms with Crippen molar-refractivity contribution in [3.63, 3.8) is 0 Å². The van der Waals surface area contributed by atoms with Crippen LogP contribution in [0.3, 0.4) is 0 Å². The summed E-state index contributed by atoms with van der Waals surface area (Å²) in [7, 11) is 0. The Balaban J connectivity index is -0.000000175. The lowest BCUT2D eigenvalue weighted by Crippen LogP contribution is -1.65. The SMILES string of the molecule is C=C/C=C(\C)N=CC.CC.CC. The molecule has 0 saturated heterocycles. The van der Waals surface area contributed by atoms with Gasteiger partial charge in [0.25, 0.3) is 0 Å². The van der Waals surface area contributed by atoms with Gasteiger partial charge in [-0.2, -0.15) is 0 Å². The second kappa shape index (κ2) is 22.5. The quantitative estimate of drug-likeness (QED) is 0.433. The highest BCUT2D eigenvalue weighted by Crippen LogP contribution is 1.91. The Hall–Kier alpha value is -0.850. The molecule has 0 aromatic rings. The summed E-state index contributed by atoms with van der Waals surface area (Å²) < 4.78 is 0. The zero-order valence-electron chi connectivity index (χ0n) is 9.39. The minimum absolute atomic E-state index is 0.988. The fourth-order valence-corrected chi connectivity index (χ4v) is 0.417. The van der Waals surface area contributed by atoms with E-state index in [0.29, 0.717) is 0 Å². The van der Waals surface area contributed by atoms with Crippen LogP contribution in [-0.2, 0) is 0 Å². The Morgan fingerprint density at radius 1 is 1.17 bits per heavy atom. The second-order valence-corrected chi connectivity index (χ2v) is 1.43. The average molecular weight is 169 g/mol. The summed E-state index contributed by atoms with van der Waals surface area (Å²) in [5.41, 5.74) is 0.988. The average Bonchev–Trinajstić information content (AvgIpc) is 2.12. The van der Waals surface area contributed by atoms with Gasteiger partial charge in [-0.05, 0) is 19.9 Å². The summed E-state index contributed by atoms with van der Waals surface area (Å²) in [5.74, 6) is 0. The summed E-state index contributed by atoms with van der Waals surface area (Å²) in [5, 5.41) is 0. The van der Waals surface area contributed by atoms with Gasteiger partial charge in [0.1, 0.15) is 0 Å². The number of hydrogen-bond acceptors (Lipinski definition) is 1. The summed E-state index contributed by atoms with van der Waals surface area (Å²) in [6.07, 6.45) is 5.34. The first-order valence-corrected chi connectivity index (χ1v) is 4.59. The van der Waals surface area contributed by atoms with Crippen LogP contribution in [-0.4, -0.2) is 6.21 Å². The number of allylic oxidation sites excluding steroid dienone is 3. The topological polar surface area (TPSA) is 12.4 Å². The summed E-state index contributed by atoms with van der Waals surface area (Å²) >= 11 is 0. The van der Waals surface area contributed by atoms with E-state index in [0.717, 1.165) is 5.70 Å². The van der Waals surface area contributed by atoms with Gasteiger partial charge in [0.05, 0.1) is 0 Å². The first kappa shape index (κ1) is 17.3. The van der Waals surface area contributed by atoms with E-state index in [9.17, 15) is 0 Å². The third-order valence-corrected chi connectivity index (χ3v) is 0.692. The summed E-state index contributed by atoms with van der Waals surface area (Å²) in [6, 6.07) is 0. The highest BCUT2D eigenvalue weighted by molar-refractivity contribution is 5.55. The van der Waals surface area contributed by atoms with Gasteiger partial charge in [-0.1, -0.05) is 40.3 Å². The molecule has 1 nitrogen and oxygen atoms in total. The lowest BCUT2D eigenvalue weighted by Gasteiger charge is -1.83. The molecule has 12 heavy (non-hydrogen) atoms. The van der Waals surface area contributed by atoms with Crippen LogP contribution in [0.25, 0.3) is 0 Å². The Labute approximate surface area is 77.9 Å². The molecule has 0 fully saturated rings. The summed E-state index contributed by atoms with van der Waals surface area (Å²) in [6.45, 7) is 15.4. The fourth-order valence-electron chi connectivity index (χ4n) is 0.417. The lowest BCUT2D eigenvalue weighted by atomic mass is 10.4. The molecule has 0 bridgehead atoms. The predicted octanol–water partition coefficient (Wildman–Crippen LogP) is 4.22. The molecule has 0 aliphatic carbocycles. The van der Waals surface area contributed by atoms with Crippen molar-refractivity contribution in [2.24, 2.45) is 4.99 Å². The van der Waals surface area contributed by atoms with Crippen LogP contribution in [0.15, 0.2) is 29.4 Å². The van der Waals surface area contributed by atoms with Crippen LogP contribution in [0.4, 0.5) is 0 Å². The van der Waals surface area contributed by atoms with Gasteiger partial charge in [0, 0.05) is 11.9 Å². The molecular formula is C11H23N. The Morgan fingerprint density at radius 2 is 1.58 bits per heavy atom. The molecule has 0 atom stereocenters.